The molecule has 0 aliphatic carbocycles. The number of hydrazine groups is 1. The van der Waals surface area contributed by atoms with E-state index in [0.29, 0.717) is 6.04 Å². The first-order valence-corrected chi connectivity index (χ1v) is 7.37. The van der Waals surface area contributed by atoms with Gasteiger partial charge in [0.05, 0.1) is 0 Å². The summed E-state index contributed by atoms with van der Waals surface area (Å²) in [5, 5.41) is 0. The molecule has 1 unspecified atom stereocenters. The van der Waals surface area contributed by atoms with Gasteiger partial charge in [-0.15, -0.1) is 6.58 Å². The molecular weight excluding hydrogens is 222 g/mol. The third kappa shape index (κ3) is 4.08. The third-order valence-electron chi connectivity index (χ3n) is 4.33. The van der Waals surface area contributed by atoms with Crippen LogP contribution < -0.4 is 11.3 Å². The summed E-state index contributed by atoms with van der Waals surface area (Å²) >= 11 is 0. The van der Waals surface area contributed by atoms with Crippen LogP contribution in [-0.4, -0.2) is 29.6 Å². The molecule has 0 heterocycles. The summed E-state index contributed by atoms with van der Waals surface area (Å²) in [4.78, 5) is 2.55. The maximum Gasteiger partial charge on any atom is 0.0397 e. The molecule has 0 aliphatic rings. The Labute approximate surface area is 114 Å². The first-order chi connectivity index (χ1) is 8.52. The maximum absolute atomic E-state index is 5.84. The number of nitrogens with one attached hydrogen (secondary N) is 1. The standard InChI is InChI=1S/C15H33N3/c1-7-15(8-2,18(9-3)10-4)14(17-16)12-11-13(5)6/h14,17H,5,7-12,16H2,1-4,6H3. The maximum atomic E-state index is 5.84. The van der Waals surface area contributed by atoms with Crippen LogP contribution in [0.4, 0.5) is 0 Å². The van der Waals surface area contributed by atoms with Gasteiger partial charge >= 0.3 is 0 Å². The minimum atomic E-state index is 0.160. The van der Waals surface area contributed by atoms with Crippen LogP contribution in [0.25, 0.3) is 0 Å². The van der Waals surface area contributed by atoms with Crippen LogP contribution in [0.2, 0.25) is 0 Å². The topological polar surface area (TPSA) is 41.3 Å². The Morgan fingerprint density at radius 1 is 1.22 bits per heavy atom. The van der Waals surface area contributed by atoms with Gasteiger partial charge in [-0.1, -0.05) is 33.3 Å². The van der Waals surface area contributed by atoms with Gasteiger partial charge in [-0.05, 0) is 45.7 Å². The average Bonchev–Trinajstić information content (AvgIpc) is 2.37. The fourth-order valence-corrected chi connectivity index (χ4v) is 3.16. The number of allylic oxidation sites excluding steroid dienone is 1. The molecule has 0 bridgehead atoms. The van der Waals surface area contributed by atoms with E-state index in [1.54, 1.807) is 0 Å². The normalized spacial score (nSPS) is 13.9. The number of rotatable bonds is 10. The Kier molecular flexibility index (Phi) is 8.49. The molecule has 3 heteroatoms. The summed E-state index contributed by atoms with van der Waals surface area (Å²) in [5.41, 5.74) is 4.46. The van der Waals surface area contributed by atoms with Crippen molar-refractivity contribution in [3.8, 4) is 0 Å². The number of nitrogens with two attached hydrogens (primary N) is 1. The van der Waals surface area contributed by atoms with Gasteiger partial charge in [0.15, 0.2) is 0 Å². The van der Waals surface area contributed by atoms with E-state index in [2.05, 4.69) is 51.5 Å². The molecule has 0 radical (unpaired) electrons. The number of hydrogen-bond acceptors (Lipinski definition) is 3. The van der Waals surface area contributed by atoms with E-state index in [9.17, 15) is 0 Å². The summed E-state index contributed by atoms with van der Waals surface area (Å²) in [6.45, 7) is 17.2. The molecule has 0 aromatic rings. The zero-order valence-corrected chi connectivity index (χ0v) is 13.1. The molecule has 0 fully saturated rings. The lowest BCUT2D eigenvalue weighted by Crippen LogP contribution is -2.62. The third-order valence-corrected chi connectivity index (χ3v) is 4.33. The summed E-state index contributed by atoms with van der Waals surface area (Å²) in [6.07, 6.45) is 4.34. The SMILES string of the molecule is C=C(C)CCC(NN)C(CC)(CC)N(CC)CC. The molecular formula is C15H33N3. The second kappa shape index (κ2) is 8.68. The van der Waals surface area contributed by atoms with Crippen LogP contribution in [0.5, 0.6) is 0 Å². The van der Waals surface area contributed by atoms with E-state index in [-0.39, 0.29) is 5.54 Å². The predicted molar refractivity (Wildman–Crippen MR) is 81.4 cm³/mol. The quantitative estimate of drug-likeness (QED) is 0.358. The van der Waals surface area contributed by atoms with Gasteiger partial charge in [0.1, 0.15) is 0 Å². The van der Waals surface area contributed by atoms with E-state index in [1.807, 2.05) is 0 Å². The van der Waals surface area contributed by atoms with Gasteiger partial charge in [-0.3, -0.25) is 16.2 Å². The predicted octanol–water partition coefficient (Wildman–Crippen LogP) is 3.08. The van der Waals surface area contributed by atoms with Crippen LogP contribution >= 0.6 is 0 Å². The van der Waals surface area contributed by atoms with Gasteiger partial charge in [0.2, 0.25) is 0 Å². The second-order valence-corrected chi connectivity index (χ2v) is 5.20. The Bertz CT molecular complexity index is 230. The smallest absolute Gasteiger partial charge is 0.0397 e. The van der Waals surface area contributed by atoms with Crippen molar-refractivity contribution in [3.63, 3.8) is 0 Å². The van der Waals surface area contributed by atoms with Crippen molar-refractivity contribution in [1.29, 1.82) is 0 Å². The Morgan fingerprint density at radius 3 is 2.00 bits per heavy atom. The van der Waals surface area contributed by atoms with E-state index < -0.39 is 0 Å². The molecule has 3 nitrogen and oxygen atoms in total. The molecule has 0 aromatic carbocycles. The molecule has 0 aromatic heterocycles. The Morgan fingerprint density at radius 2 is 1.72 bits per heavy atom. The number of likely N-dealkylation sites (N-methyl/N-ethyl adjacent to an activating group) is 1. The summed E-state index contributed by atoms with van der Waals surface area (Å²) in [6, 6.07) is 0.323. The highest BCUT2D eigenvalue weighted by Crippen LogP contribution is 2.30. The van der Waals surface area contributed by atoms with E-state index >= 15 is 0 Å². The molecule has 108 valence electrons. The van der Waals surface area contributed by atoms with Crippen molar-refractivity contribution in [3.05, 3.63) is 12.2 Å². The molecule has 0 aliphatic heterocycles. The van der Waals surface area contributed by atoms with Crippen LogP contribution in [0.15, 0.2) is 12.2 Å². The summed E-state index contributed by atoms with van der Waals surface area (Å²) in [7, 11) is 0. The number of nitrogens with zero attached hydrogens (tertiary/aromatic N) is 1. The van der Waals surface area contributed by atoms with Crippen molar-refractivity contribution in [2.24, 2.45) is 5.84 Å². The lowest BCUT2D eigenvalue weighted by atomic mass is 9.80. The van der Waals surface area contributed by atoms with Crippen molar-refractivity contribution in [1.82, 2.24) is 10.3 Å². The largest absolute Gasteiger partial charge is 0.297 e. The lowest BCUT2D eigenvalue weighted by Gasteiger charge is -2.48. The monoisotopic (exact) mass is 255 g/mol. The zero-order valence-electron chi connectivity index (χ0n) is 13.1. The molecule has 0 saturated carbocycles. The molecule has 0 spiro atoms. The van der Waals surface area contributed by atoms with Crippen LogP contribution in [0.3, 0.4) is 0 Å². The molecule has 18 heavy (non-hydrogen) atoms. The fraction of sp³-hybridized carbons (Fsp3) is 0.867. The van der Waals surface area contributed by atoms with Gasteiger partial charge < -0.3 is 0 Å². The highest BCUT2D eigenvalue weighted by atomic mass is 15.3. The van der Waals surface area contributed by atoms with Crippen molar-refractivity contribution in [2.45, 2.75) is 71.9 Å². The van der Waals surface area contributed by atoms with Crippen molar-refractivity contribution in [2.75, 3.05) is 13.1 Å². The van der Waals surface area contributed by atoms with Crippen LogP contribution in [0, 0.1) is 0 Å². The number of hydrogen-bond donors (Lipinski definition) is 2. The van der Waals surface area contributed by atoms with Crippen molar-refractivity contribution >= 4 is 0 Å². The highest BCUT2D eigenvalue weighted by molar-refractivity contribution is 5.00. The Balaban J connectivity index is 5.05. The van der Waals surface area contributed by atoms with E-state index in [4.69, 9.17) is 5.84 Å². The van der Waals surface area contributed by atoms with Crippen LogP contribution in [-0.2, 0) is 0 Å². The first-order valence-electron chi connectivity index (χ1n) is 7.37. The van der Waals surface area contributed by atoms with E-state index in [0.717, 1.165) is 38.8 Å². The average molecular weight is 255 g/mol. The summed E-state index contributed by atoms with van der Waals surface area (Å²) in [5.74, 6) is 5.84. The van der Waals surface area contributed by atoms with Gasteiger partial charge in [-0.25, -0.2) is 0 Å². The second-order valence-electron chi connectivity index (χ2n) is 5.20. The highest BCUT2D eigenvalue weighted by Gasteiger charge is 2.38. The first kappa shape index (κ1) is 17.6. The van der Waals surface area contributed by atoms with Gasteiger partial charge in [-0.2, -0.15) is 0 Å². The Hall–Kier alpha value is -0.380. The molecule has 0 saturated heterocycles. The minimum Gasteiger partial charge on any atom is -0.297 e. The summed E-state index contributed by atoms with van der Waals surface area (Å²) < 4.78 is 0. The van der Waals surface area contributed by atoms with Crippen molar-refractivity contribution < 1.29 is 0 Å². The molecule has 1 atom stereocenters. The molecule has 3 N–H and O–H groups in total. The zero-order chi connectivity index (χ0) is 14.2. The van der Waals surface area contributed by atoms with Crippen LogP contribution in [0.1, 0.15) is 60.3 Å². The van der Waals surface area contributed by atoms with Gasteiger partial charge in [0.25, 0.3) is 0 Å². The minimum absolute atomic E-state index is 0.160. The molecule has 0 amide bonds. The lowest BCUT2D eigenvalue weighted by molar-refractivity contribution is 0.0462. The molecule has 0 rings (SSSR count). The van der Waals surface area contributed by atoms with Gasteiger partial charge in [0, 0.05) is 11.6 Å². The fourth-order valence-electron chi connectivity index (χ4n) is 3.16. The van der Waals surface area contributed by atoms with E-state index in [1.165, 1.54) is 5.57 Å².